The van der Waals surface area contributed by atoms with Gasteiger partial charge in [0.15, 0.2) is 0 Å². The quantitative estimate of drug-likeness (QED) is 0.899. The number of ether oxygens (including phenoxy) is 2. The Morgan fingerprint density at radius 2 is 1.80 bits per heavy atom. The van der Waals surface area contributed by atoms with Gasteiger partial charge in [-0.05, 0) is 22.3 Å². The standard InChI is InChI=1S/C20H22N2O3/c23-20(22-11-14-12-24-10-9-21-14)25-13-19-17-7-3-1-5-15(17)16-6-2-4-8-18(16)19/h1-8,14,19,21H,9-13H2,(H,22,23). The fourth-order valence-corrected chi connectivity index (χ4v) is 3.61. The molecule has 2 aromatic carbocycles. The molecule has 2 aliphatic rings. The lowest BCUT2D eigenvalue weighted by molar-refractivity contribution is 0.0751. The number of carbonyl (C=O) groups excluding carboxylic acids is 1. The van der Waals surface area contributed by atoms with Crippen molar-refractivity contribution >= 4 is 6.09 Å². The molecule has 1 atom stereocenters. The minimum absolute atomic E-state index is 0.0919. The van der Waals surface area contributed by atoms with Crippen LogP contribution in [0.5, 0.6) is 0 Å². The first-order valence-electron chi connectivity index (χ1n) is 8.73. The number of hydrogen-bond donors (Lipinski definition) is 2. The van der Waals surface area contributed by atoms with Crippen molar-refractivity contribution in [3.05, 3.63) is 59.7 Å². The van der Waals surface area contributed by atoms with Gasteiger partial charge >= 0.3 is 6.09 Å². The second-order valence-electron chi connectivity index (χ2n) is 6.43. The molecular weight excluding hydrogens is 316 g/mol. The summed E-state index contributed by atoms with van der Waals surface area (Å²) in [6.45, 7) is 3.01. The third kappa shape index (κ3) is 3.38. The van der Waals surface area contributed by atoms with Crippen LogP contribution >= 0.6 is 0 Å². The highest BCUT2D eigenvalue weighted by Crippen LogP contribution is 2.44. The molecular formula is C20H22N2O3. The zero-order chi connectivity index (χ0) is 17.1. The van der Waals surface area contributed by atoms with Gasteiger partial charge in [-0.25, -0.2) is 4.79 Å². The van der Waals surface area contributed by atoms with E-state index in [1.54, 1.807) is 0 Å². The Morgan fingerprint density at radius 3 is 2.44 bits per heavy atom. The van der Waals surface area contributed by atoms with E-state index in [1.165, 1.54) is 22.3 Å². The third-order valence-corrected chi connectivity index (χ3v) is 4.83. The van der Waals surface area contributed by atoms with Gasteiger partial charge in [-0.3, -0.25) is 0 Å². The Hall–Kier alpha value is -2.37. The number of benzene rings is 2. The lowest BCUT2D eigenvalue weighted by atomic mass is 9.98. The van der Waals surface area contributed by atoms with E-state index in [4.69, 9.17) is 9.47 Å². The number of alkyl carbamates (subject to hydrolysis) is 1. The van der Waals surface area contributed by atoms with Crippen molar-refractivity contribution in [3.8, 4) is 11.1 Å². The predicted octanol–water partition coefficient (Wildman–Crippen LogP) is 2.51. The van der Waals surface area contributed by atoms with E-state index in [-0.39, 0.29) is 18.1 Å². The fraction of sp³-hybridized carbons (Fsp3) is 0.350. The molecule has 2 aromatic rings. The molecule has 5 heteroatoms. The van der Waals surface area contributed by atoms with Crippen LogP contribution in [-0.4, -0.2) is 45.0 Å². The SMILES string of the molecule is O=C(NCC1COCCN1)OCC1c2ccccc2-c2ccccc21. The number of amides is 1. The molecule has 1 amide bonds. The zero-order valence-corrected chi connectivity index (χ0v) is 14.0. The van der Waals surface area contributed by atoms with Crippen LogP contribution in [0.4, 0.5) is 4.79 Å². The van der Waals surface area contributed by atoms with Crippen molar-refractivity contribution in [2.24, 2.45) is 0 Å². The highest BCUT2D eigenvalue weighted by Gasteiger charge is 2.29. The number of rotatable bonds is 4. The smallest absolute Gasteiger partial charge is 0.407 e. The summed E-state index contributed by atoms with van der Waals surface area (Å²) in [4.78, 5) is 12.1. The van der Waals surface area contributed by atoms with E-state index in [1.807, 2.05) is 24.3 Å². The van der Waals surface area contributed by atoms with E-state index >= 15 is 0 Å². The van der Waals surface area contributed by atoms with Gasteiger partial charge in [0.05, 0.1) is 13.2 Å². The van der Waals surface area contributed by atoms with Gasteiger partial charge in [-0.2, -0.15) is 0 Å². The first kappa shape index (κ1) is 16.1. The normalized spacial score (nSPS) is 19.1. The Kier molecular flexibility index (Phi) is 4.68. The number of hydrogen-bond acceptors (Lipinski definition) is 4. The van der Waals surface area contributed by atoms with Crippen LogP contribution in [-0.2, 0) is 9.47 Å². The third-order valence-electron chi connectivity index (χ3n) is 4.83. The Bertz CT molecular complexity index is 711. The second-order valence-corrected chi connectivity index (χ2v) is 6.43. The van der Waals surface area contributed by atoms with Gasteiger partial charge in [-0.15, -0.1) is 0 Å². The molecule has 0 saturated carbocycles. The average molecular weight is 338 g/mol. The topological polar surface area (TPSA) is 59.6 Å². The van der Waals surface area contributed by atoms with Gasteiger partial charge in [0, 0.05) is 25.0 Å². The molecule has 5 nitrogen and oxygen atoms in total. The molecule has 1 fully saturated rings. The Balaban J connectivity index is 1.38. The van der Waals surface area contributed by atoms with Crippen LogP contribution in [0.2, 0.25) is 0 Å². The van der Waals surface area contributed by atoms with Gasteiger partial charge in [0.2, 0.25) is 0 Å². The van der Waals surface area contributed by atoms with Crippen LogP contribution in [0.3, 0.4) is 0 Å². The van der Waals surface area contributed by atoms with E-state index < -0.39 is 0 Å². The first-order valence-corrected chi connectivity index (χ1v) is 8.73. The van der Waals surface area contributed by atoms with Crippen molar-refractivity contribution in [2.45, 2.75) is 12.0 Å². The van der Waals surface area contributed by atoms with E-state index in [9.17, 15) is 4.79 Å². The molecule has 2 N–H and O–H groups in total. The Labute approximate surface area is 147 Å². The van der Waals surface area contributed by atoms with Gasteiger partial charge in [0.1, 0.15) is 6.61 Å². The number of carbonyl (C=O) groups is 1. The molecule has 0 aromatic heterocycles. The zero-order valence-electron chi connectivity index (χ0n) is 14.0. The second kappa shape index (κ2) is 7.25. The fourth-order valence-electron chi connectivity index (χ4n) is 3.61. The minimum Gasteiger partial charge on any atom is -0.449 e. The van der Waals surface area contributed by atoms with Gasteiger partial charge < -0.3 is 20.1 Å². The molecule has 0 radical (unpaired) electrons. The van der Waals surface area contributed by atoms with Crippen molar-refractivity contribution in [2.75, 3.05) is 32.9 Å². The predicted molar refractivity (Wildman–Crippen MR) is 95.7 cm³/mol. The summed E-state index contributed by atoms with van der Waals surface area (Å²) in [5.41, 5.74) is 4.91. The highest BCUT2D eigenvalue weighted by atomic mass is 16.5. The molecule has 4 rings (SSSR count). The summed E-state index contributed by atoms with van der Waals surface area (Å²) < 4.78 is 10.9. The summed E-state index contributed by atoms with van der Waals surface area (Å²) >= 11 is 0. The van der Waals surface area contributed by atoms with E-state index in [0.29, 0.717) is 19.8 Å². The summed E-state index contributed by atoms with van der Waals surface area (Å²) in [7, 11) is 0. The maximum Gasteiger partial charge on any atom is 0.407 e. The van der Waals surface area contributed by atoms with Crippen LogP contribution in [0, 0.1) is 0 Å². The number of morpholine rings is 1. The number of nitrogens with one attached hydrogen (secondary N) is 2. The number of fused-ring (bicyclic) bond motifs is 3. The highest BCUT2D eigenvalue weighted by molar-refractivity contribution is 5.79. The van der Waals surface area contributed by atoms with Crippen LogP contribution < -0.4 is 10.6 Å². The summed E-state index contributed by atoms with van der Waals surface area (Å²) in [5.74, 6) is 0.0919. The van der Waals surface area contributed by atoms with Gasteiger partial charge in [-0.1, -0.05) is 48.5 Å². The lowest BCUT2D eigenvalue weighted by Crippen LogP contribution is -2.48. The summed E-state index contributed by atoms with van der Waals surface area (Å²) in [6, 6.07) is 16.8. The van der Waals surface area contributed by atoms with Crippen molar-refractivity contribution in [1.29, 1.82) is 0 Å². The Morgan fingerprint density at radius 1 is 1.12 bits per heavy atom. The molecule has 0 spiro atoms. The van der Waals surface area contributed by atoms with Gasteiger partial charge in [0.25, 0.3) is 0 Å². The molecule has 25 heavy (non-hydrogen) atoms. The molecule has 1 heterocycles. The maximum absolute atomic E-state index is 12.1. The summed E-state index contributed by atoms with van der Waals surface area (Å²) in [6.07, 6.45) is -0.380. The van der Waals surface area contributed by atoms with Crippen LogP contribution in [0.15, 0.2) is 48.5 Å². The lowest BCUT2D eigenvalue weighted by Gasteiger charge is -2.24. The molecule has 1 aliphatic carbocycles. The molecule has 1 unspecified atom stereocenters. The molecule has 1 aliphatic heterocycles. The molecule has 0 bridgehead atoms. The summed E-state index contributed by atoms with van der Waals surface area (Å²) in [5, 5.41) is 6.12. The first-order chi connectivity index (χ1) is 12.3. The van der Waals surface area contributed by atoms with E-state index in [2.05, 4.69) is 34.9 Å². The van der Waals surface area contributed by atoms with Crippen LogP contribution in [0.25, 0.3) is 11.1 Å². The largest absolute Gasteiger partial charge is 0.449 e. The van der Waals surface area contributed by atoms with Crippen molar-refractivity contribution in [1.82, 2.24) is 10.6 Å². The molecule has 130 valence electrons. The van der Waals surface area contributed by atoms with Crippen molar-refractivity contribution < 1.29 is 14.3 Å². The molecule has 1 saturated heterocycles. The van der Waals surface area contributed by atoms with E-state index in [0.717, 1.165) is 13.2 Å². The van der Waals surface area contributed by atoms with Crippen molar-refractivity contribution in [3.63, 3.8) is 0 Å². The van der Waals surface area contributed by atoms with Crippen LogP contribution in [0.1, 0.15) is 17.0 Å². The monoisotopic (exact) mass is 338 g/mol. The maximum atomic E-state index is 12.1. The average Bonchev–Trinajstić information content (AvgIpc) is 2.99. The minimum atomic E-state index is -0.380.